The number of hydrogen-bond donors (Lipinski definition) is 1. The predicted octanol–water partition coefficient (Wildman–Crippen LogP) is 3.28. The van der Waals surface area contributed by atoms with Gasteiger partial charge in [-0.15, -0.1) is 0 Å². The van der Waals surface area contributed by atoms with E-state index >= 15 is 0 Å². The number of hydrogen-bond acceptors (Lipinski definition) is 3. The van der Waals surface area contributed by atoms with Crippen LogP contribution in [0.25, 0.3) is 33.2 Å². The predicted molar refractivity (Wildman–Crippen MR) is 83.1 cm³/mol. The first-order valence-electron chi connectivity index (χ1n) is 6.77. The van der Waals surface area contributed by atoms with Crippen LogP contribution in [-0.2, 0) is 0 Å². The molecule has 0 fully saturated rings. The molecule has 0 saturated carbocycles. The number of halogens is 1. The number of fused-ring (bicyclic) bond motifs is 2. The lowest BCUT2D eigenvalue weighted by Gasteiger charge is -2.07. The van der Waals surface area contributed by atoms with Gasteiger partial charge in [0.15, 0.2) is 0 Å². The highest BCUT2D eigenvalue weighted by atomic mass is 19.1. The van der Waals surface area contributed by atoms with Crippen LogP contribution in [0.2, 0.25) is 0 Å². The van der Waals surface area contributed by atoms with E-state index in [0.717, 1.165) is 0 Å². The number of para-hydroxylation sites is 1. The molecule has 0 amide bonds. The summed E-state index contributed by atoms with van der Waals surface area (Å²) in [6.07, 6.45) is 1.59. The molecule has 0 bridgehead atoms. The lowest BCUT2D eigenvalue weighted by atomic mass is 10.1. The van der Waals surface area contributed by atoms with Crippen molar-refractivity contribution in [3.63, 3.8) is 0 Å². The number of aromatic nitrogens is 3. The first-order valence-corrected chi connectivity index (χ1v) is 6.77. The minimum Gasteiger partial charge on any atom is -0.306 e. The third-order valence-corrected chi connectivity index (χ3v) is 3.58. The molecule has 0 radical (unpaired) electrons. The Morgan fingerprint density at radius 1 is 0.955 bits per heavy atom. The van der Waals surface area contributed by atoms with Crippen molar-refractivity contribution >= 4 is 21.8 Å². The molecule has 106 valence electrons. The van der Waals surface area contributed by atoms with Gasteiger partial charge in [0.25, 0.3) is 5.56 Å². The van der Waals surface area contributed by atoms with Crippen molar-refractivity contribution < 1.29 is 4.39 Å². The zero-order valence-electron chi connectivity index (χ0n) is 11.4. The summed E-state index contributed by atoms with van der Waals surface area (Å²) >= 11 is 0. The van der Waals surface area contributed by atoms with Gasteiger partial charge >= 0.3 is 0 Å². The smallest absolute Gasteiger partial charge is 0.259 e. The minimum atomic E-state index is -0.352. The van der Waals surface area contributed by atoms with E-state index in [1.54, 1.807) is 42.6 Å². The maximum atomic E-state index is 13.9. The lowest BCUT2D eigenvalue weighted by Crippen LogP contribution is -2.09. The average molecular weight is 291 g/mol. The van der Waals surface area contributed by atoms with E-state index in [1.807, 2.05) is 6.07 Å². The number of nitrogens with zero attached hydrogens (tertiary/aromatic N) is 2. The topological polar surface area (TPSA) is 58.6 Å². The monoisotopic (exact) mass is 291 g/mol. The van der Waals surface area contributed by atoms with Crippen LogP contribution >= 0.6 is 0 Å². The molecule has 0 atom stereocenters. The van der Waals surface area contributed by atoms with E-state index < -0.39 is 0 Å². The number of aromatic amines is 1. The Balaban J connectivity index is 2.08. The molecule has 0 spiro atoms. The van der Waals surface area contributed by atoms with Crippen LogP contribution in [0.4, 0.5) is 4.39 Å². The molecule has 22 heavy (non-hydrogen) atoms. The van der Waals surface area contributed by atoms with E-state index in [9.17, 15) is 9.18 Å². The van der Waals surface area contributed by atoms with Gasteiger partial charge < -0.3 is 4.98 Å². The van der Waals surface area contributed by atoms with Crippen LogP contribution in [0.15, 0.2) is 59.5 Å². The standard InChI is InChI=1S/C17H10FN3O/c18-13-8-7-12(15-10(13)5-3-9-19-15)16-20-14-6-2-1-4-11(14)17(22)21-16/h1-9H,(H,20,21,22). The van der Waals surface area contributed by atoms with Crippen LogP contribution in [0.3, 0.4) is 0 Å². The summed E-state index contributed by atoms with van der Waals surface area (Å²) in [7, 11) is 0. The number of nitrogens with one attached hydrogen (secondary N) is 1. The highest BCUT2D eigenvalue weighted by Crippen LogP contribution is 2.26. The molecule has 2 aromatic heterocycles. The van der Waals surface area contributed by atoms with E-state index in [4.69, 9.17) is 0 Å². The molecule has 4 nitrogen and oxygen atoms in total. The van der Waals surface area contributed by atoms with Gasteiger partial charge in [0.1, 0.15) is 11.6 Å². The lowest BCUT2D eigenvalue weighted by molar-refractivity contribution is 0.639. The summed E-state index contributed by atoms with van der Waals surface area (Å²) in [5.41, 5.74) is 1.43. The molecule has 1 N–H and O–H groups in total. The number of benzene rings is 2. The first-order chi connectivity index (χ1) is 10.7. The molecule has 4 rings (SSSR count). The summed E-state index contributed by atoms with van der Waals surface area (Å²) < 4.78 is 13.9. The Hall–Kier alpha value is -3.08. The minimum absolute atomic E-state index is 0.228. The molecular weight excluding hydrogens is 281 g/mol. The van der Waals surface area contributed by atoms with Crippen LogP contribution in [0.5, 0.6) is 0 Å². The van der Waals surface area contributed by atoms with Crippen molar-refractivity contribution in [2.75, 3.05) is 0 Å². The molecule has 4 aromatic rings. The third kappa shape index (κ3) is 1.87. The normalized spacial score (nSPS) is 11.1. The fourth-order valence-electron chi connectivity index (χ4n) is 2.54. The Morgan fingerprint density at radius 2 is 1.77 bits per heavy atom. The van der Waals surface area contributed by atoms with Gasteiger partial charge in [-0.3, -0.25) is 9.78 Å². The Morgan fingerprint density at radius 3 is 2.68 bits per heavy atom. The number of H-pyrrole nitrogens is 1. The highest BCUT2D eigenvalue weighted by molar-refractivity contribution is 5.93. The summed E-state index contributed by atoms with van der Waals surface area (Å²) in [5.74, 6) is 0.0300. The summed E-state index contributed by atoms with van der Waals surface area (Å²) in [4.78, 5) is 23.6. The summed E-state index contributed by atoms with van der Waals surface area (Å²) in [6, 6.07) is 13.4. The maximum absolute atomic E-state index is 13.9. The van der Waals surface area contributed by atoms with Gasteiger partial charge in [0.05, 0.1) is 16.4 Å². The number of pyridine rings is 1. The number of rotatable bonds is 1. The molecule has 0 aliphatic rings. The van der Waals surface area contributed by atoms with Crippen LogP contribution < -0.4 is 5.56 Å². The summed E-state index contributed by atoms with van der Waals surface area (Å²) in [5, 5.41) is 0.918. The molecule has 0 unspecified atom stereocenters. The van der Waals surface area contributed by atoms with Crippen molar-refractivity contribution in [2.24, 2.45) is 0 Å². The Bertz CT molecular complexity index is 1070. The molecule has 5 heteroatoms. The quantitative estimate of drug-likeness (QED) is 0.585. The molecule has 2 aromatic carbocycles. The van der Waals surface area contributed by atoms with Crippen molar-refractivity contribution in [1.29, 1.82) is 0 Å². The molecular formula is C17H10FN3O. The van der Waals surface area contributed by atoms with Gasteiger partial charge in [0, 0.05) is 17.1 Å². The zero-order valence-corrected chi connectivity index (χ0v) is 11.4. The Labute approximate surface area is 124 Å². The van der Waals surface area contributed by atoms with Crippen LogP contribution in [0, 0.1) is 5.82 Å². The second-order valence-electron chi connectivity index (χ2n) is 4.93. The maximum Gasteiger partial charge on any atom is 0.259 e. The van der Waals surface area contributed by atoms with Gasteiger partial charge in [-0.25, -0.2) is 9.37 Å². The van der Waals surface area contributed by atoms with Crippen LogP contribution in [-0.4, -0.2) is 15.0 Å². The van der Waals surface area contributed by atoms with Crippen molar-refractivity contribution in [3.8, 4) is 11.4 Å². The van der Waals surface area contributed by atoms with Gasteiger partial charge in [-0.1, -0.05) is 12.1 Å². The fourth-order valence-corrected chi connectivity index (χ4v) is 2.54. The van der Waals surface area contributed by atoms with Gasteiger partial charge in [-0.2, -0.15) is 0 Å². The van der Waals surface area contributed by atoms with Crippen molar-refractivity contribution in [1.82, 2.24) is 15.0 Å². The highest BCUT2D eigenvalue weighted by Gasteiger charge is 2.12. The SMILES string of the molecule is O=c1[nH]c(-c2ccc(F)c3cccnc23)nc2ccccc12. The zero-order chi connectivity index (χ0) is 15.1. The first kappa shape index (κ1) is 12.6. The van der Waals surface area contributed by atoms with Crippen molar-refractivity contribution in [2.45, 2.75) is 0 Å². The van der Waals surface area contributed by atoms with E-state index in [1.165, 1.54) is 6.07 Å². The largest absolute Gasteiger partial charge is 0.306 e. The van der Waals surface area contributed by atoms with Gasteiger partial charge in [0.2, 0.25) is 0 Å². The van der Waals surface area contributed by atoms with E-state index in [2.05, 4.69) is 15.0 Å². The van der Waals surface area contributed by atoms with E-state index in [0.29, 0.717) is 33.2 Å². The molecule has 2 heterocycles. The summed E-state index contributed by atoms with van der Waals surface area (Å²) in [6.45, 7) is 0. The second-order valence-corrected chi connectivity index (χ2v) is 4.93. The molecule has 0 aliphatic carbocycles. The van der Waals surface area contributed by atoms with Crippen molar-refractivity contribution in [3.05, 3.63) is 70.9 Å². The second kappa shape index (κ2) is 4.73. The third-order valence-electron chi connectivity index (χ3n) is 3.58. The van der Waals surface area contributed by atoms with Gasteiger partial charge in [-0.05, 0) is 36.4 Å². The van der Waals surface area contributed by atoms with E-state index in [-0.39, 0.29) is 11.4 Å². The average Bonchev–Trinajstić information content (AvgIpc) is 2.55. The fraction of sp³-hybridized carbons (Fsp3) is 0. The Kier molecular flexibility index (Phi) is 2.72. The molecule has 0 aliphatic heterocycles. The van der Waals surface area contributed by atoms with Crippen LogP contribution in [0.1, 0.15) is 0 Å². The molecule has 0 saturated heterocycles.